The molecule has 1 nitrogen and oxygen atoms in total. The molecule has 1 aromatic carbocycles. The normalized spacial score (nSPS) is 14.0. The van der Waals surface area contributed by atoms with Crippen LogP contribution in [-0.2, 0) is 18.4 Å². The van der Waals surface area contributed by atoms with Crippen molar-refractivity contribution < 1.29 is 31.1 Å². The van der Waals surface area contributed by atoms with E-state index in [-0.39, 0.29) is 28.8 Å². The van der Waals surface area contributed by atoms with E-state index in [0.717, 1.165) is 0 Å². The van der Waals surface area contributed by atoms with E-state index >= 15 is 0 Å². The molecule has 0 radical (unpaired) electrons. The summed E-state index contributed by atoms with van der Waals surface area (Å²) in [7, 11) is -3.04. The molecule has 1 rings (SSSR count). The zero-order valence-electron chi connectivity index (χ0n) is 13.3. The summed E-state index contributed by atoms with van der Waals surface area (Å²) in [5, 5.41) is 0. The summed E-state index contributed by atoms with van der Waals surface area (Å²) in [6.07, 6.45) is -9.74. The molecule has 0 aromatic heterocycles. The average Bonchev–Trinajstić information content (AvgIpc) is 2.35. The molecule has 0 heterocycles. The van der Waals surface area contributed by atoms with Gasteiger partial charge in [-0.1, -0.05) is 27.7 Å². The van der Waals surface area contributed by atoms with Gasteiger partial charge in [0.2, 0.25) is 0 Å². The maximum atomic E-state index is 12.9. The lowest BCUT2D eigenvalue weighted by molar-refractivity contribution is -0.143. The SMILES string of the molecule is CC(C)[Si](O)(Cc1cc(C(F)(F)F)cc(C(F)(F)F)c1)C(C)C. The van der Waals surface area contributed by atoms with Gasteiger partial charge < -0.3 is 4.80 Å². The first kappa shape index (κ1) is 20.0. The number of hydrogen-bond acceptors (Lipinski definition) is 1. The molecule has 0 bridgehead atoms. The highest BCUT2D eigenvalue weighted by molar-refractivity contribution is 6.74. The Bertz CT molecular complexity index is 508. The molecule has 0 aliphatic rings. The van der Waals surface area contributed by atoms with E-state index in [0.29, 0.717) is 12.1 Å². The minimum absolute atomic E-state index is 0.106. The van der Waals surface area contributed by atoms with Gasteiger partial charge in [0.15, 0.2) is 8.32 Å². The van der Waals surface area contributed by atoms with Gasteiger partial charge in [-0.2, -0.15) is 26.3 Å². The lowest BCUT2D eigenvalue weighted by atomic mass is 10.1. The summed E-state index contributed by atoms with van der Waals surface area (Å²) in [6, 6.07) is 1.38. The quantitative estimate of drug-likeness (QED) is 0.552. The van der Waals surface area contributed by atoms with Crippen LogP contribution in [0.5, 0.6) is 0 Å². The van der Waals surface area contributed by atoms with Gasteiger partial charge in [0.1, 0.15) is 0 Å². The number of hydrogen-bond donors (Lipinski definition) is 1. The standard InChI is InChI=1S/C15H20F6OSi/c1-9(2)23(22,10(3)4)8-11-5-12(14(16,17)18)7-13(6-11)15(19,20)21/h5-7,9-10,22H,8H2,1-4H3. The van der Waals surface area contributed by atoms with E-state index in [1.54, 1.807) is 27.7 Å². The van der Waals surface area contributed by atoms with E-state index in [9.17, 15) is 31.1 Å². The first-order valence-corrected chi connectivity index (χ1v) is 9.49. The Morgan fingerprint density at radius 3 is 1.43 bits per heavy atom. The minimum atomic E-state index is -4.87. The molecule has 8 heteroatoms. The van der Waals surface area contributed by atoms with Gasteiger partial charge in [-0.15, -0.1) is 0 Å². The predicted octanol–water partition coefficient (Wildman–Crippen LogP) is 5.56. The Balaban J connectivity index is 3.41. The molecular formula is C15H20F6OSi. The fraction of sp³-hybridized carbons (Fsp3) is 0.600. The fourth-order valence-corrected chi connectivity index (χ4v) is 5.53. The van der Waals surface area contributed by atoms with Crippen molar-refractivity contribution in [3.8, 4) is 0 Å². The molecule has 0 unspecified atom stereocenters. The van der Waals surface area contributed by atoms with Gasteiger partial charge in [-0.05, 0) is 40.9 Å². The number of benzene rings is 1. The van der Waals surface area contributed by atoms with E-state index in [4.69, 9.17) is 0 Å². The molecule has 0 amide bonds. The van der Waals surface area contributed by atoms with Gasteiger partial charge in [0.05, 0.1) is 11.1 Å². The van der Waals surface area contributed by atoms with Crippen LogP contribution in [0.3, 0.4) is 0 Å². The van der Waals surface area contributed by atoms with Crippen LogP contribution in [0.2, 0.25) is 11.1 Å². The van der Waals surface area contributed by atoms with Crippen LogP contribution in [0.4, 0.5) is 26.3 Å². The van der Waals surface area contributed by atoms with Crippen molar-refractivity contribution in [1.82, 2.24) is 0 Å². The first-order valence-electron chi connectivity index (χ1n) is 7.18. The minimum Gasteiger partial charge on any atom is -0.431 e. The highest BCUT2D eigenvalue weighted by atomic mass is 28.4. The monoisotopic (exact) mass is 358 g/mol. The first-order chi connectivity index (χ1) is 10.2. The molecule has 23 heavy (non-hydrogen) atoms. The Labute approximate surface area is 132 Å². The van der Waals surface area contributed by atoms with Crippen molar-refractivity contribution in [2.24, 2.45) is 0 Å². The van der Waals surface area contributed by atoms with Crippen molar-refractivity contribution in [3.63, 3.8) is 0 Å². The van der Waals surface area contributed by atoms with Crippen LogP contribution in [0.15, 0.2) is 18.2 Å². The molecule has 1 N–H and O–H groups in total. The van der Waals surface area contributed by atoms with Crippen molar-refractivity contribution in [2.75, 3.05) is 0 Å². The van der Waals surface area contributed by atoms with Crippen LogP contribution in [0, 0.1) is 0 Å². The maximum Gasteiger partial charge on any atom is 0.416 e. The molecule has 0 fully saturated rings. The topological polar surface area (TPSA) is 20.2 Å². The smallest absolute Gasteiger partial charge is 0.416 e. The summed E-state index contributed by atoms with van der Waals surface area (Å²) in [5.74, 6) is 0. The highest BCUT2D eigenvalue weighted by Crippen LogP contribution is 2.38. The largest absolute Gasteiger partial charge is 0.431 e. The third-order valence-electron chi connectivity index (χ3n) is 4.13. The number of alkyl halides is 6. The summed E-state index contributed by atoms with van der Waals surface area (Å²) in [4.78, 5) is 10.8. The van der Waals surface area contributed by atoms with Crippen LogP contribution < -0.4 is 0 Å². The van der Waals surface area contributed by atoms with Gasteiger partial charge in [-0.3, -0.25) is 0 Å². The van der Waals surface area contributed by atoms with Crippen molar-refractivity contribution >= 4 is 8.32 Å². The molecule has 0 aliphatic heterocycles. The third kappa shape index (κ3) is 4.73. The van der Waals surface area contributed by atoms with Gasteiger partial charge >= 0.3 is 12.4 Å². The zero-order valence-corrected chi connectivity index (χ0v) is 14.3. The van der Waals surface area contributed by atoms with Crippen molar-refractivity contribution in [2.45, 2.75) is 57.2 Å². The number of halogens is 6. The molecule has 132 valence electrons. The average molecular weight is 358 g/mol. The molecule has 1 aromatic rings. The molecule has 0 aliphatic carbocycles. The molecule has 0 spiro atoms. The Morgan fingerprint density at radius 2 is 1.17 bits per heavy atom. The molecule has 0 saturated heterocycles. The summed E-state index contributed by atoms with van der Waals surface area (Å²) >= 11 is 0. The Kier molecular flexibility index (Phi) is 5.63. The molecule has 0 saturated carbocycles. The van der Waals surface area contributed by atoms with E-state index in [1.165, 1.54) is 0 Å². The maximum absolute atomic E-state index is 12.9. The van der Waals surface area contributed by atoms with Gasteiger partial charge in [0.25, 0.3) is 0 Å². The Hall–Kier alpha value is -1.02. The van der Waals surface area contributed by atoms with Crippen molar-refractivity contribution in [3.05, 3.63) is 34.9 Å². The van der Waals surface area contributed by atoms with Crippen LogP contribution in [-0.4, -0.2) is 13.1 Å². The van der Waals surface area contributed by atoms with Gasteiger partial charge in [0, 0.05) is 0 Å². The number of rotatable bonds is 4. The lowest BCUT2D eigenvalue weighted by Crippen LogP contribution is -2.44. The van der Waals surface area contributed by atoms with Crippen LogP contribution >= 0.6 is 0 Å². The summed E-state index contributed by atoms with van der Waals surface area (Å²) < 4.78 is 77.2. The van der Waals surface area contributed by atoms with Crippen LogP contribution in [0.25, 0.3) is 0 Å². The predicted molar refractivity (Wildman–Crippen MR) is 78.3 cm³/mol. The second-order valence-electron chi connectivity index (χ2n) is 6.39. The summed E-state index contributed by atoms with van der Waals surface area (Å²) in [5.41, 5.74) is -3.18. The molecule has 0 atom stereocenters. The second-order valence-corrected chi connectivity index (χ2v) is 11.0. The molecular weight excluding hydrogens is 338 g/mol. The van der Waals surface area contributed by atoms with E-state index < -0.39 is 31.8 Å². The highest BCUT2D eigenvalue weighted by Gasteiger charge is 2.41. The lowest BCUT2D eigenvalue weighted by Gasteiger charge is -2.33. The fourth-order valence-electron chi connectivity index (χ4n) is 2.52. The second kappa shape index (κ2) is 6.47. The zero-order chi connectivity index (χ0) is 18.2. The van der Waals surface area contributed by atoms with Crippen LogP contribution in [0.1, 0.15) is 44.4 Å². The Morgan fingerprint density at radius 1 is 0.826 bits per heavy atom. The summed E-state index contributed by atoms with van der Waals surface area (Å²) in [6.45, 7) is 6.96. The van der Waals surface area contributed by atoms with E-state index in [2.05, 4.69) is 0 Å². The van der Waals surface area contributed by atoms with Crippen molar-refractivity contribution in [1.29, 1.82) is 0 Å². The van der Waals surface area contributed by atoms with E-state index in [1.807, 2.05) is 0 Å². The van der Waals surface area contributed by atoms with Gasteiger partial charge in [-0.25, -0.2) is 0 Å². The third-order valence-corrected chi connectivity index (χ3v) is 9.11.